The molecule has 0 spiro atoms. The monoisotopic (exact) mass is 375 g/mol. The second kappa shape index (κ2) is 7.39. The summed E-state index contributed by atoms with van der Waals surface area (Å²) in [6.07, 6.45) is 0.904. The van der Waals surface area contributed by atoms with Gasteiger partial charge in [0.2, 0.25) is 10.0 Å². The minimum absolute atomic E-state index is 0.0182. The minimum Gasteiger partial charge on any atom is -0.493 e. The summed E-state index contributed by atoms with van der Waals surface area (Å²) in [5.41, 5.74) is 1.05. The number of sulfonamides is 1. The second-order valence-electron chi connectivity index (χ2n) is 7.35. The van der Waals surface area contributed by atoms with E-state index < -0.39 is 15.6 Å². The van der Waals surface area contributed by atoms with Gasteiger partial charge in [0.25, 0.3) is 0 Å². The summed E-state index contributed by atoms with van der Waals surface area (Å²) in [5, 5.41) is 10.7. The van der Waals surface area contributed by atoms with Crippen molar-refractivity contribution in [3.8, 4) is 5.75 Å². The first-order valence-electron chi connectivity index (χ1n) is 8.79. The van der Waals surface area contributed by atoms with Gasteiger partial charge < -0.3 is 9.84 Å². The van der Waals surface area contributed by atoms with Crippen LogP contribution in [0.25, 0.3) is 0 Å². The van der Waals surface area contributed by atoms with Gasteiger partial charge in [-0.15, -0.1) is 0 Å². The Hall–Kier alpha value is -1.89. The zero-order chi connectivity index (χ0) is 18.8. The van der Waals surface area contributed by atoms with E-state index in [2.05, 4.69) is 18.6 Å². The molecule has 0 amide bonds. The van der Waals surface area contributed by atoms with Crippen molar-refractivity contribution in [1.29, 1.82) is 0 Å². The van der Waals surface area contributed by atoms with Gasteiger partial charge in [0.15, 0.2) is 0 Å². The average molecular weight is 375 g/mol. The number of rotatable bonds is 7. The summed E-state index contributed by atoms with van der Waals surface area (Å²) in [6.45, 7) is 4.66. The van der Waals surface area contributed by atoms with Crippen molar-refractivity contribution in [3.63, 3.8) is 0 Å². The Bertz CT molecular complexity index is 835. The quantitative estimate of drug-likeness (QED) is 0.780. The topological polar surface area (TPSA) is 75.6 Å². The van der Waals surface area contributed by atoms with Crippen LogP contribution in [0.1, 0.15) is 25.0 Å². The van der Waals surface area contributed by atoms with E-state index in [1.165, 1.54) is 12.1 Å². The van der Waals surface area contributed by atoms with Gasteiger partial charge in [0.1, 0.15) is 5.75 Å². The van der Waals surface area contributed by atoms with Gasteiger partial charge in [-0.25, -0.2) is 13.1 Å². The Kier molecular flexibility index (Phi) is 5.37. The van der Waals surface area contributed by atoms with E-state index >= 15 is 0 Å². The van der Waals surface area contributed by atoms with E-state index in [0.717, 1.165) is 11.1 Å². The van der Waals surface area contributed by atoms with E-state index in [1.807, 2.05) is 24.3 Å². The zero-order valence-corrected chi connectivity index (χ0v) is 15.9. The molecule has 0 heterocycles. The molecule has 0 bridgehead atoms. The van der Waals surface area contributed by atoms with Gasteiger partial charge >= 0.3 is 0 Å². The molecule has 2 aromatic carbocycles. The molecule has 0 saturated carbocycles. The van der Waals surface area contributed by atoms with Crippen LogP contribution in [0.5, 0.6) is 5.75 Å². The highest BCUT2D eigenvalue weighted by molar-refractivity contribution is 7.89. The number of hydrogen-bond acceptors (Lipinski definition) is 4. The first-order chi connectivity index (χ1) is 12.3. The maximum absolute atomic E-state index is 12.5. The normalized spacial score (nSPS) is 15.8. The third-order valence-corrected chi connectivity index (χ3v) is 5.88. The number of hydrogen-bond donors (Lipinski definition) is 2. The molecule has 2 N–H and O–H groups in total. The lowest BCUT2D eigenvalue weighted by Gasteiger charge is -2.22. The summed E-state index contributed by atoms with van der Waals surface area (Å²) >= 11 is 0. The first-order valence-corrected chi connectivity index (χ1v) is 10.3. The number of fused-ring (bicyclic) bond motifs is 1. The van der Waals surface area contributed by atoms with Gasteiger partial charge in [-0.3, -0.25) is 0 Å². The van der Waals surface area contributed by atoms with Gasteiger partial charge in [0.05, 0.1) is 17.1 Å². The minimum atomic E-state index is -3.69. The SMILES string of the molecule is CC(C)COc1ccc(S(=O)(=O)NCC2(O)Cc3ccccc3C2)cc1. The Balaban J connectivity index is 1.62. The van der Waals surface area contributed by atoms with E-state index in [1.54, 1.807) is 12.1 Å². The zero-order valence-electron chi connectivity index (χ0n) is 15.1. The maximum Gasteiger partial charge on any atom is 0.240 e. The molecule has 0 aliphatic heterocycles. The molecule has 0 saturated heterocycles. The fourth-order valence-corrected chi connectivity index (χ4v) is 4.21. The van der Waals surface area contributed by atoms with E-state index in [9.17, 15) is 13.5 Å². The largest absolute Gasteiger partial charge is 0.493 e. The van der Waals surface area contributed by atoms with E-state index in [4.69, 9.17) is 4.74 Å². The number of benzene rings is 2. The van der Waals surface area contributed by atoms with Crippen LogP contribution in [0.3, 0.4) is 0 Å². The number of nitrogens with one attached hydrogen (secondary N) is 1. The highest BCUT2D eigenvalue weighted by Gasteiger charge is 2.36. The lowest BCUT2D eigenvalue weighted by Crippen LogP contribution is -2.43. The number of aliphatic hydroxyl groups is 1. The van der Waals surface area contributed by atoms with Crippen LogP contribution in [0.4, 0.5) is 0 Å². The molecule has 0 aromatic heterocycles. The van der Waals surface area contributed by atoms with Crippen molar-refractivity contribution in [3.05, 3.63) is 59.7 Å². The predicted molar refractivity (Wildman–Crippen MR) is 101 cm³/mol. The summed E-state index contributed by atoms with van der Waals surface area (Å²) < 4.78 is 33.2. The van der Waals surface area contributed by atoms with Gasteiger partial charge in [-0.2, -0.15) is 0 Å². The Morgan fingerprint density at radius 3 is 2.19 bits per heavy atom. The van der Waals surface area contributed by atoms with Crippen molar-refractivity contribution >= 4 is 10.0 Å². The van der Waals surface area contributed by atoms with Crippen molar-refractivity contribution < 1.29 is 18.3 Å². The molecule has 2 aromatic rings. The lowest BCUT2D eigenvalue weighted by atomic mass is 10.0. The van der Waals surface area contributed by atoms with Crippen molar-refractivity contribution in [2.24, 2.45) is 5.92 Å². The molecule has 0 fully saturated rings. The van der Waals surface area contributed by atoms with Crippen LogP contribution in [-0.2, 0) is 22.9 Å². The van der Waals surface area contributed by atoms with Crippen molar-refractivity contribution in [1.82, 2.24) is 4.72 Å². The van der Waals surface area contributed by atoms with Crippen LogP contribution in [0.2, 0.25) is 0 Å². The third kappa shape index (κ3) is 4.44. The molecule has 3 rings (SSSR count). The van der Waals surface area contributed by atoms with E-state index in [-0.39, 0.29) is 11.4 Å². The van der Waals surface area contributed by atoms with Crippen LogP contribution in [0, 0.1) is 5.92 Å². The van der Waals surface area contributed by atoms with Gasteiger partial charge in [0, 0.05) is 19.4 Å². The van der Waals surface area contributed by atoms with Crippen molar-refractivity contribution in [2.75, 3.05) is 13.2 Å². The summed E-state index contributed by atoms with van der Waals surface area (Å²) in [7, 11) is -3.69. The molecule has 6 heteroatoms. The molecule has 1 aliphatic rings. The summed E-state index contributed by atoms with van der Waals surface area (Å²) in [5.74, 6) is 1.04. The second-order valence-corrected chi connectivity index (χ2v) is 9.11. The van der Waals surface area contributed by atoms with Crippen LogP contribution >= 0.6 is 0 Å². The standard InChI is InChI=1S/C20H25NO4S/c1-15(2)13-25-18-7-9-19(10-8-18)26(23,24)21-14-20(22)11-16-5-3-4-6-17(16)12-20/h3-10,15,21-22H,11-14H2,1-2H3. The van der Waals surface area contributed by atoms with Crippen molar-refractivity contribution in [2.45, 2.75) is 37.2 Å². The molecule has 5 nitrogen and oxygen atoms in total. The molecular weight excluding hydrogens is 350 g/mol. The van der Waals surface area contributed by atoms with Crippen LogP contribution in [0.15, 0.2) is 53.4 Å². The maximum atomic E-state index is 12.5. The lowest BCUT2D eigenvalue weighted by molar-refractivity contribution is 0.0567. The predicted octanol–water partition coefficient (Wildman–Crippen LogP) is 2.53. The molecule has 0 radical (unpaired) electrons. The molecule has 0 atom stereocenters. The fourth-order valence-electron chi connectivity index (χ4n) is 3.09. The number of ether oxygens (including phenoxy) is 1. The summed E-state index contributed by atoms with van der Waals surface area (Å²) in [4.78, 5) is 0.161. The Morgan fingerprint density at radius 1 is 1.08 bits per heavy atom. The fraction of sp³-hybridized carbons (Fsp3) is 0.400. The highest BCUT2D eigenvalue weighted by atomic mass is 32.2. The van der Waals surface area contributed by atoms with Gasteiger partial charge in [-0.1, -0.05) is 38.1 Å². The summed E-state index contributed by atoms with van der Waals surface area (Å²) in [6, 6.07) is 14.1. The highest BCUT2D eigenvalue weighted by Crippen LogP contribution is 2.29. The average Bonchev–Trinajstić information content (AvgIpc) is 2.95. The molecule has 26 heavy (non-hydrogen) atoms. The smallest absolute Gasteiger partial charge is 0.240 e. The first kappa shape index (κ1) is 18.9. The molecule has 0 unspecified atom stereocenters. The van der Waals surface area contributed by atoms with Gasteiger partial charge in [-0.05, 0) is 41.3 Å². The molecule has 1 aliphatic carbocycles. The Morgan fingerprint density at radius 2 is 1.65 bits per heavy atom. The Labute approximate surface area is 155 Å². The third-order valence-electron chi connectivity index (χ3n) is 4.47. The van der Waals surface area contributed by atoms with E-state index in [0.29, 0.717) is 31.1 Å². The van der Waals surface area contributed by atoms with Crippen LogP contribution < -0.4 is 9.46 Å². The molecular formula is C20H25NO4S. The molecule has 140 valence electrons. The van der Waals surface area contributed by atoms with Crippen LogP contribution in [-0.4, -0.2) is 32.3 Å².